The molecule has 1 unspecified atom stereocenters. The van der Waals surface area contributed by atoms with Crippen LogP contribution in [-0.2, 0) is 11.3 Å². The standard InChI is InChI=1S/C15H20O/c1-15(2)10-8-14(9-11-15)16-12-13-6-4-3-5-7-13/h3-8,10,14H,9,11-12H2,1-2H3. The van der Waals surface area contributed by atoms with Gasteiger partial charge in [-0.2, -0.15) is 0 Å². The molecule has 1 atom stereocenters. The maximum atomic E-state index is 5.88. The van der Waals surface area contributed by atoms with Gasteiger partial charge in [0.15, 0.2) is 0 Å². The number of rotatable bonds is 3. The van der Waals surface area contributed by atoms with Gasteiger partial charge in [-0.1, -0.05) is 56.3 Å². The first-order valence-electron chi connectivity index (χ1n) is 6.01. The smallest absolute Gasteiger partial charge is 0.0760 e. The largest absolute Gasteiger partial charge is 0.369 e. The highest BCUT2D eigenvalue weighted by Crippen LogP contribution is 2.30. The van der Waals surface area contributed by atoms with Gasteiger partial charge < -0.3 is 4.74 Å². The van der Waals surface area contributed by atoms with E-state index >= 15 is 0 Å². The van der Waals surface area contributed by atoms with Crippen LogP contribution in [0.25, 0.3) is 0 Å². The van der Waals surface area contributed by atoms with Crippen molar-refractivity contribution in [3.05, 3.63) is 48.0 Å². The van der Waals surface area contributed by atoms with Gasteiger partial charge in [0.2, 0.25) is 0 Å². The lowest BCUT2D eigenvalue weighted by Gasteiger charge is -2.28. The SMILES string of the molecule is CC1(C)C=CC(OCc2ccccc2)CC1. The molecule has 1 aromatic rings. The van der Waals surface area contributed by atoms with E-state index in [0.717, 1.165) is 13.0 Å². The quantitative estimate of drug-likeness (QED) is 0.695. The molecule has 0 spiro atoms. The van der Waals surface area contributed by atoms with Gasteiger partial charge in [-0.3, -0.25) is 0 Å². The Bertz CT molecular complexity index is 351. The van der Waals surface area contributed by atoms with Crippen molar-refractivity contribution < 1.29 is 4.74 Å². The molecule has 0 radical (unpaired) electrons. The van der Waals surface area contributed by atoms with E-state index in [4.69, 9.17) is 4.74 Å². The lowest BCUT2D eigenvalue weighted by atomic mass is 9.82. The summed E-state index contributed by atoms with van der Waals surface area (Å²) in [6.07, 6.45) is 7.14. The Morgan fingerprint density at radius 1 is 1.25 bits per heavy atom. The molecule has 0 saturated heterocycles. The second kappa shape index (κ2) is 4.84. The summed E-state index contributed by atoms with van der Waals surface area (Å²) in [7, 11) is 0. The van der Waals surface area contributed by atoms with Crippen molar-refractivity contribution in [1.29, 1.82) is 0 Å². The molecule has 1 aliphatic rings. The van der Waals surface area contributed by atoms with Crippen LogP contribution in [0.5, 0.6) is 0 Å². The van der Waals surface area contributed by atoms with E-state index in [1.165, 1.54) is 12.0 Å². The molecule has 2 rings (SSSR count). The zero-order valence-electron chi connectivity index (χ0n) is 10.1. The van der Waals surface area contributed by atoms with Gasteiger partial charge in [-0.15, -0.1) is 0 Å². The molecule has 0 saturated carbocycles. The molecule has 1 aliphatic carbocycles. The summed E-state index contributed by atoms with van der Waals surface area (Å²) in [5.41, 5.74) is 1.60. The number of allylic oxidation sites excluding steroid dienone is 1. The molecule has 0 heterocycles. The molecule has 0 amide bonds. The Balaban J connectivity index is 1.84. The van der Waals surface area contributed by atoms with Crippen molar-refractivity contribution in [3.8, 4) is 0 Å². The van der Waals surface area contributed by atoms with E-state index in [9.17, 15) is 0 Å². The third-order valence-electron chi connectivity index (χ3n) is 3.14. The van der Waals surface area contributed by atoms with Crippen molar-refractivity contribution >= 4 is 0 Å². The van der Waals surface area contributed by atoms with Gasteiger partial charge in [-0.25, -0.2) is 0 Å². The minimum Gasteiger partial charge on any atom is -0.369 e. The topological polar surface area (TPSA) is 9.23 Å². The van der Waals surface area contributed by atoms with Crippen molar-refractivity contribution in [2.24, 2.45) is 5.41 Å². The Kier molecular flexibility index (Phi) is 3.45. The monoisotopic (exact) mass is 216 g/mol. The zero-order chi connectivity index (χ0) is 11.4. The fourth-order valence-electron chi connectivity index (χ4n) is 1.98. The fraction of sp³-hybridized carbons (Fsp3) is 0.467. The van der Waals surface area contributed by atoms with Gasteiger partial charge >= 0.3 is 0 Å². The highest BCUT2D eigenvalue weighted by atomic mass is 16.5. The van der Waals surface area contributed by atoms with Crippen LogP contribution < -0.4 is 0 Å². The molecule has 86 valence electrons. The molecule has 1 nitrogen and oxygen atoms in total. The molecule has 0 aromatic heterocycles. The summed E-state index contributed by atoms with van der Waals surface area (Å²) in [5.74, 6) is 0. The Morgan fingerprint density at radius 2 is 2.00 bits per heavy atom. The van der Waals surface area contributed by atoms with E-state index in [0.29, 0.717) is 11.5 Å². The van der Waals surface area contributed by atoms with Crippen LogP contribution in [0, 0.1) is 5.41 Å². The first kappa shape index (κ1) is 11.4. The number of hydrogen-bond donors (Lipinski definition) is 0. The molecule has 0 bridgehead atoms. The van der Waals surface area contributed by atoms with Crippen LogP contribution in [0.15, 0.2) is 42.5 Å². The molecule has 0 fully saturated rings. The molecule has 0 N–H and O–H groups in total. The summed E-state index contributed by atoms with van der Waals surface area (Å²) in [5, 5.41) is 0. The van der Waals surface area contributed by atoms with Gasteiger partial charge in [0, 0.05) is 0 Å². The second-order valence-corrected chi connectivity index (χ2v) is 5.22. The lowest BCUT2D eigenvalue weighted by molar-refractivity contribution is 0.0541. The summed E-state index contributed by atoms with van der Waals surface area (Å²) in [6.45, 7) is 5.27. The van der Waals surface area contributed by atoms with Crippen LogP contribution in [0.1, 0.15) is 32.3 Å². The van der Waals surface area contributed by atoms with Crippen LogP contribution in [0.3, 0.4) is 0 Å². The van der Waals surface area contributed by atoms with E-state index in [1.54, 1.807) is 0 Å². The number of hydrogen-bond acceptors (Lipinski definition) is 1. The molecule has 0 aliphatic heterocycles. The molecule has 16 heavy (non-hydrogen) atoms. The Morgan fingerprint density at radius 3 is 2.62 bits per heavy atom. The summed E-state index contributed by atoms with van der Waals surface area (Å²) >= 11 is 0. The molecular weight excluding hydrogens is 196 g/mol. The van der Waals surface area contributed by atoms with Crippen LogP contribution >= 0.6 is 0 Å². The average molecular weight is 216 g/mol. The average Bonchev–Trinajstić information content (AvgIpc) is 2.29. The zero-order valence-corrected chi connectivity index (χ0v) is 10.1. The lowest BCUT2D eigenvalue weighted by Crippen LogP contribution is -2.21. The van der Waals surface area contributed by atoms with Crippen LogP contribution in [-0.4, -0.2) is 6.10 Å². The number of benzene rings is 1. The second-order valence-electron chi connectivity index (χ2n) is 5.22. The van der Waals surface area contributed by atoms with Gasteiger partial charge in [0.25, 0.3) is 0 Å². The maximum Gasteiger partial charge on any atom is 0.0760 e. The molecular formula is C15H20O. The predicted molar refractivity (Wildman–Crippen MR) is 67.2 cm³/mol. The van der Waals surface area contributed by atoms with Gasteiger partial charge in [0.1, 0.15) is 0 Å². The van der Waals surface area contributed by atoms with Gasteiger partial charge in [0.05, 0.1) is 12.7 Å². The minimum atomic E-state index is 0.299. The minimum absolute atomic E-state index is 0.299. The fourth-order valence-corrected chi connectivity index (χ4v) is 1.98. The maximum absolute atomic E-state index is 5.88. The van der Waals surface area contributed by atoms with E-state index in [1.807, 2.05) is 6.07 Å². The molecule has 1 aromatic carbocycles. The first-order chi connectivity index (χ1) is 7.66. The highest BCUT2D eigenvalue weighted by Gasteiger charge is 2.21. The highest BCUT2D eigenvalue weighted by molar-refractivity contribution is 5.13. The van der Waals surface area contributed by atoms with Crippen molar-refractivity contribution in [3.63, 3.8) is 0 Å². The van der Waals surface area contributed by atoms with E-state index < -0.39 is 0 Å². The Hall–Kier alpha value is -1.08. The van der Waals surface area contributed by atoms with Gasteiger partial charge in [-0.05, 0) is 23.8 Å². The van der Waals surface area contributed by atoms with Crippen molar-refractivity contribution in [2.75, 3.05) is 0 Å². The summed E-state index contributed by atoms with van der Waals surface area (Å²) in [6, 6.07) is 10.4. The molecule has 1 heteroatoms. The normalized spacial score (nSPS) is 23.2. The van der Waals surface area contributed by atoms with Crippen molar-refractivity contribution in [2.45, 2.75) is 39.4 Å². The van der Waals surface area contributed by atoms with Crippen molar-refractivity contribution in [1.82, 2.24) is 0 Å². The van der Waals surface area contributed by atoms with Crippen LogP contribution in [0.4, 0.5) is 0 Å². The third kappa shape index (κ3) is 3.21. The summed E-state index contributed by atoms with van der Waals surface area (Å²) in [4.78, 5) is 0. The van der Waals surface area contributed by atoms with Crippen LogP contribution in [0.2, 0.25) is 0 Å². The van der Waals surface area contributed by atoms with E-state index in [2.05, 4.69) is 50.3 Å². The Labute approximate surface area is 98.1 Å². The number of ether oxygens (including phenoxy) is 1. The predicted octanol–water partition coefficient (Wildman–Crippen LogP) is 3.95. The third-order valence-corrected chi connectivity index (χ3v) is 3.14. The summed E-state index contributed by atoms with van der Waals surface area (Å²) < 4.78 is 5.88. The van der Waals surface area contributed by atoms with E-state index in [-0.39, 0.29) is 0 Å². The first-order valence-corrected chi connectivity index (χ1v) is 6.01.